The molecule has 0 radical (unpaired) electrons. The summed E-state index contributed by atoms with van der Waals surface area (Å²) in [6.45, 7) is 0.583. The third kappa shape index (κ3) is 2.18. The van der Waals surface area contributed by atoms with Crippen molar-refractivity contribution < 1.29 is 9.32 Å². The average molecular weight is 209 g/mol. The quantitative estimate of drug-likeness (QED) is 0.778. The number of aromatic nitrogens is 1. The van der Waals surface area contributed by atoms with E-state index in [-0.39, 0.29) is 11.3 Å². The fraction of sp³-hybridized carbons (Fsp3) is 0.600. The molecule has 1 aliphatic carbocycles. The van der Waals surface area contributed by atoms with Gasteiger partial charge in [0.2, 0.25) is 5.91 Å². The van der Waals surface area contributed by atoms with Gasteiger partial charge in [-0.2, -0.15) is 0 Å². The van der Waals surface area contributed by atoms with Gasteiger partial charge in [0.15, 0.2) is 5.82 Å². The van der Waals surface area contributed by atoms with Crippen LogP contribution in [0, 0.1) is 5.41 Å². The van der Waals surface area contributed by atoms with Crippen LogP contribution < -0.4 is 11.1 Å². The smallest absolute Gasteiger partial charge is 0.226 e. The van der Waals surface area contributed by atoms with Gasteiger partial charge >= 0.3 is 0 Å². The van der Waals surface area contributed by atoms with Crippen LogP contribution in [-0.4, -0.2) is 17.6 Å². The van der Waals surface area contributed by atoms with E-state index in [0.29, 0.717) is 18.8 Å². The van der Waals surface area contributed by atoms with Gasteiger partial charge in [-0.1, -0.05) is 11.6 Å². The predicted octanol–water partition coefficient (Wildman–Crippen LogP) is 1.13. The van der Waals surface area contributed by atoms with Crippen LogP contribution >= 0.6 is 0 Å². The number of rotatable bonds is 4. The summed E-state index contributed by atoms with van der Waals surface area (Å²) >= 11 is 0. The van der Waals surface area contributed by atoms with Crippen LogP contribution in [0.4, 0.5) is 5.82 Å². The molecule has 1 amide bonds. The van der Waals surface area contributed by atoms with Crippen LogP contribution in [-0.2, 0) is 4.79 Å². The minimum atomic E-state index is -0.0333. The van der Waals surface area contributed by atoms with Crippen molar-refractivity contribution in [1.82, 2.24) is 5.16 Å². The van der Waals surface area contributed by atoms with E-state index in [9.17, 15) is 4.79 Å². The fourth-order valence-corrected chi connectivity index (χ4v) is 1.93. The molecule has 1 heterocycles. The number of hydrogen-bond donors (Lipinski definition) is 2. The maximum atomic E-state index is 11.6. The highest BCUT2D eigenvalue weighted by Crippen LogP contribution is 2.42. The molecular weight excluding hydrogens is 194 g/mol. The third-order valence-corrected chi connectivity index (χ3v) is 3.09. The lowest BCUT2D eigenvalue weighted by atomic mass is 9.66. The zero-order valence-corrected chi connectivity index (χ0v) is 8.53. The summed E-state index contributed by atoms with van der Waals surface area (Å²) in [7, 11) is 0. The summed E-state index contributed by atoms with van der Waals surface area (Å²) in [6, 6.07) is 1.62. The first-order chi connectivity index (χ1) is 7.24. The number of hydrogen-bond acceptors (Lipinski definition) is 4. The van der Waals surface area contributed by atoms with Gasteiger partial charge in [-0.3, -0.25) is 4.79 Å². The first kappa shape index (κ1) is 10.2. The molecule has 0 unspecified atom stereocenters. The first-order valence-corrected chi connectivity index (χ1v) is 5.14. The second-order valence-electron chi connectivity index (χ2n) is 4.17. The molecule has 0 saturated heterocycles. The van der Waals surface area contributed by atoms with Crippen molar-refractivity contribution in [3.8, 4) is 0 Å². The normalized spacial score (nSPS) is 18.2. The summed E-state index contributed by atoms with van der Waals surface area (Å²) in [4.78, 5) is 11.6. The van der Waals surface area contributed by atoms with Crippen molar-refractivity contribution in [1.29, 1.82) is 0 Å². The van der Waals surface area contributed by atoms with E-state index < -0.39 is 0 Å². The Morgan fingerprint density at radius 3 is 2.93 bits per heavy atom. The molecule has 0 aliphatic heterocycles. The SMILES string of the molecule is NCC1(CC(=O)Nc2ccon2)CCC1. The molecule has 5 nitrogen and oxygen atoms in total. The van der Waals surface area contributed by atoms with Gasteiger partial charge in [0.25, 0.3) is 0 Å². The van der Waals surface area contributed by atoms with Crippen molar-refractivity contribution in [3.63, 3.8) is 0 Å². The van der Waals surface area contributed by atoms with Gasteiger partial charge in [0.1, 0.15) is 6.26 Å². The van der Waals surface area contributed by atoms with E-state index in [1.54, 1.807) is 6.07 Å². The Kier molecular flexibility index (Phi) is 2.73. The highest BCUT2D eigenvalue weighted by molar-refractivity contribution is 5.90. The number of carbonyl (C=O) groups excluding carboxylic acids is 1. The second-order valence-corrected chi connectivity index (χ2v) is 4.17. The third-order valence-electron chi connectivity index (χ3n) is 3.09. The van der Waals surface area contributed by atoms with Gasteiger partial charge < -0.3 is 15.6 Å². The molecular formula is C10H15N3O2. The van der Waals surface area contributed by atoms with Crippen LogP contribution in [0.5, 0.6) is 0 Å². The Balaban J connectivity index is 1.87. The molecule has 0 spiro atoms. The Bertz CT molecular complexity index is 325. The number of nitrogens with zero attached hydrogens (tertiary/aromatic N) is 1. The van der Waals surface area contributed by atoms with Crippen LogP contribution in [0.25, 0.3) is 0 Å². The van der Waals surface area contributed by atoms with E-state index in [2.05, 4.69) is 15.0 Å². The second kappa shape index (κ2) is 4.02. The van der Waals surface area contributed by atoms with E-state index in [1.165, 1.54) is 12.7 Å². The minimum Gasteiger partial charge on any atom is -0.363 e. The van der Waals surface area contributed by atoms with E-state index >= 15 is 0 Å². The monoisotopic (exact) mass is 209 g/mol. The summed E-state index contributed by atoms with van der Waals surface area (Å²) in [6.07, 6.45) is 5.19. The number of anilines is 1. The van der Waals surface area contributed by atoms with E-state index in [0.717, 1.165) is 12.8 Å². The van der Waals surface area contributed by atoms with Crippen molar-refractivity contribution in [2.75, 3.05) is 11.9 Å². The average Bonchev–Trinajstić information content (AvgIpc) is 2.64. The van der Waals surface area contributed by atoms with Crippen LogP contribution in [0.1, 0.15) is 25.7 Å². The van der Waals surface area contributed by atoms with Gasteiger partial charge in [0.05, 0.1) is 0 Å². The number of carbonyl (C=O) groups is 1. The molecule has 0 bridgehead atoms. The largest absolute Gasteiger partial charge is 0.363 e. The zero-order chi connectivity index (χ0) is 10.7. The summed E-state index contributed by atoms with van der Waals surface area (Å²) < 4.78 is 4.62. The lowest BCUT2D eigenvalue weighted by Crippen LogP contribution is -2.40. The summed E-state index contributed by atoms with van der Waals surface area (Å²) in [5.74, 6) is 0.431. The van der Waals surface area contributed by atoms with Crippen LogP contribution in [0.3, 0.4) is 0 Å². The maximum Gasteiger partial charge on any atom is 0.226 e. The van der Waals surface area contributed by atoms with Crippen molar-refractivity contribution in [2.45, 2.75) is 25.7 Å². The zero-order valence-electron chi connectivity index (χ0n) is 8.53. The molecule has 5 heteroatoms. The molecule has 3 N–H and O–H groups in total. The standard InChI is InChI=1S/C10H15N3O2/c11-7-10(3-1-4-10)6-9(14)12-8-2-5-15-13-8/h2,5H,1,3-4,6-7,11H2,(H,12,13,14). The van der Waals surface area contributed by atoms with Crippen molar-refractivity contribution in [2.24, 2.45) is 11.1 Å². The molecule has 1 fully saturated rings. The molecule has 1 saturated carbocycles. The first-order valence-electron chi connectivity index (χ1n) is 5.14. The molecule has 2 rings (SSSR count). The van der Waals surface area contributed by atoms with Crippen LogP contribution in [0.2, 0.25) is 0 Å². The topological polar surface area (TPSA) is 81.2 Å². The van der Waals surface area contributed by atoms with Crippen molar-refractivity contribution in [3.05, 3.63) is 12.3 Å². The summed E-state index contributed by atoms with van der Waals surface area (Å²) in [5.41, 5.74) is 5.71. The lowest BCUT2D eigenvalue weighted by molar-refractivity contribution is -0.119. The maximum absolute atomic E-state index is 11.6. The lowest BCUT2D eigenvalue weighted by Gasteiger charge is -2.40. The Morgan fingerprint density at radius 2 is 2.47 bits per heavy atom. The highest BCUT2D eigenvalue weighted by Gasteiger charge is 2.37. The number of amides is 1. The van der Waals surface area contributed by atoms with Gasteiger partial charge in [0, 0.05) is 12.5 Å². The number of nitrogens with one attached hydrogen (secondary N) is 1. The molecule has 1 aliphatic rings. The number of nitrogens with two attached hydrogens (primary N) is 1. The molecule has 0 atom stereocenters. The molecule has 1 aromatic rings. The van der Waals surface area contributed by atoms with Gasteiger partial charge in [-0.25, -0.2) is 0 Å². The summed E-state index contributed by atoms with van der Waals surface area (Å²) in [5, 5.41) is 6.30. The Morgan fingerprint density at radius 1 is 1.67 bits per heavy atom. The minimum absolute atomic E-state index is 0.0333. The predicted molar refractivity (Wildman–Crippen MR) is 55.1 cm³/mol. The molecule has 82 valence electrons. The van der Waals surface area contributed by atoms with E-state index in [1.807, 2.05) is 0 Å². The van der Waals surface area contributed by atoms with Gasteiger partial charge in [-0.15, -0.1) is 0 Å². The van der Waals surface area contributed by atoms with E-state index in [4.69, 9.17) is 5.73 Å². The molecule has 15 heavy (non-hydrogen) atoms. The Labute approximate surface area is 88.0 Å². The van der Waals surface area contributed by atoms with Crippen molar-refractivity contribution >= 4 is 11.7 Å². The van der Waals surface area contributed by atoms with Gasteiger partial charge in [-0.05, 0) is 24.8 Å². The molecule has 1 aromatic heterocycles. The van der Waals surface area contributed by atoms with Crippen LogP contribution in [0.15, 0.2) is 16.9 Å². The molecule has 0 aromatic carbocycles. The fourth-order valence-electron chi connectivity index (χ4n) is 1.93. The Hall–Kier alpha value is -1.36. The highest BCUT2D eigenvalue weighted by atomic mass is 16.5.